The van der Waals surface area contributed by atoms with Crippen LogP contribution in [0.25, 0.3) is 0 Å². The van der Waals surface area contributed by atoms with Crippen LogP contribution in [0.2, 0.25) is 0 Å². The van der Waals surface area contributed by atoms with Crippen molar-refractivity contribution in [1.82, 2.24) is 0 Å². The lowest BCUT2D eigenvalue weighted by Gasteiger charge is -2.36. The zero-order valence-corrected chi connectivity index (χ0v) is 22.6. The molecule has 214 valence electrons. The van der Waals surface area contributed by atoms with Crippen molar-refractivity contribution in [2.24, 2.45) is 40.9 Å². The van der Waals surface area contributed by atoms with Crippen molar-refractivity contribution >= 4 is 22.7 Å². The Hall–Kier alpha value is -4.88. The molecule has 0 amide bonds. The third kappa shape index (κ3) is 7.44. The summed E-state index contributed by atoms with van der Waals surface area (Å²) >= 11 is 0. The van der Waals surface area contributed by atoms with Crippen LogP contribution in [0, 0.1) is 0 Å². The lowest BCUT2D eigenvalue weighted by molar-refractivity contribution is 0.301. The first kappa shape index (κ1) is 30.1. The number of nitrogens with zero attached hydrogens (tertiary/aromatic N) is 8. The Balaban J connectivity index is 1.92. The van der Waals surface area contributed by atoms with Crippen molar-refractivity contribution in [3.63, 3.8) is 0 Å². The number of hydrogen-bond acceptors (Lipinski definition) is 12. The Morgan fingerprint density at radius 3 is 0.905 bits per heavy atom. The summed E-state index contributed by atoms with van der Waals surface area (Å²) in [5.74, 6) is 0. The number of aliphatic hydroxyl groups is 4. The van der Waals surface area contributed by atoms with Gasteiger partial charge in [-0.3, -0.25) is 0 Å². The van der Waals surface area contributed by atoms with Crippen molar-refractivity contribution in [2.75, 3.05) is 26.9 Å². The Bertz CT molecular complexity index is 1380. The molecule has 0 radical (unpaired) electrons. The molecular weight excluding hydrogens is 536 g/mol. The molecule has 0 spiro atoms. The number of rotatable bonds is 13. The molecule has 4 aromatic rings. The van der Waals surface area contributed by atoms with E-state index in [4.69, 9.17) is 20.4 Å². The smallest absolute Gasteiger partial charge is 0.155 e. The fourth-order valence-electron chi connectivity index (χ4n) is 4.68. The van der Waals surface area contributed by atoms with Gasteiger partial charge in [-0.15, -0.1) is 0 Å². The van der Waals surface area contributed by atoms with Crippen LogP contribution in [0.3, 0.4) is 0 Å². The van der Waals surface area contributed by atoms with Crippen LogP contribution in [0.4, 0.5) is 22.7 Å². The van der Waals surface area contributed by atoms with Gasteiger partial charge in [0.05, 0.1) is 22.7 Å². The summed E-state index contributed by atoms with van der Waals surface area (Å²) in [5.41, 5.74) is 5.58. The minimum absolute atomic E-state index is 0.388. The van der Waals surface area contributed by atoms with Crippen LogP contribution in [-0.2, 0) is 11.8 Å². The molecule has 0 fully saturated rings. The maximum Gasteiger partial charge on any atom is 0.155 e. The summed E-state index contributed by atoms with van der Waals surface area (Å²) in [7, 11) is 0. The fourth-order valence-corrected chi connectivity index (χ4v) is 4.68. The van der Waals surface area contributed by atoms with Gasteiger partial charge >= 0.3 is 0 Å². The van der Waals surface area contributed by atoms with Crippen LogP contribution >= 0.6 is 0 Å². The van der Waals surface area contributed by atoms with E-state index in [0.717, 1.165) is 22.3 Å². The average molecular weight is 567 g/mol. The van der Waals surface area contributed by atoms with E-state index in [-0.39, 0.29) is 6.73 Å². The van der Waals surface area contributed by atoms with E-state index in [1.165, 1.54) is 0 Å². The standard InChI is InChI=1S/C30H30N8O4/c39-18-31-35-26-9-1-22(2-10-26)17-30(23-3-11-27(12-4-23)36-32-19-40,24-5-13-28(14-6-24)37-33-20-41)25-7-15-29(16-8-25)38-34-21-42/h1-16,39-42H,17-21H2. The van der Waals surface area contributed by atoms with Crippen molar-refractivity contribution in [1.29, 1.82) is 0 Å². The van der Waals surface area contributed by atoms with E-state index in [1.807, 2.05) is 97.1 Å². The molecule has 0 saturated carbocycles. The Labute approximate surface area is 242 Å². The van der Waals surface area contributed by atoms with Crippen LogP contribution in [-0.4, -0.2) is 47.3 Å². The van der Waals surface area contributed by atoms with Crippen molar-refractivity contribution in [2.45, 2.75) is 11.8 Å². The first-order valence-corrected chi connectivity index (χ1v) is 13.0. The highest BCUT2D eigenvalue weighted by atomic mass is 16.3. The lowest BCUT2D eigenvalue weighted by atomic mass is 9.66. The molecule has 0 aliphatic rings. The first-order valence-electron chi connectivity index (χ1n) is 13.0. The van der Waals surface area contributed by atoms with Crippen LogP contribution in [0.15, 0.2) is 138 Å². The predicted octanol–water partition coefficient (Wildman–Crippen LogP) is 6.40. The second-order valence-electron chi connectivity index (χ2n) is 8.92. The molecule has 0 atom stereocenters. The van der Waals surface area contributed by atoms with Crippen LogP contribution in [0.5, 0.6) is 0 Å². The lowest BCUT2D eigenvalue weighted by Crippen LogP contribution is -2.32. The molecular formula is C30H30N8O4. The van der Waals surface area contributed by atoms with Crippen LogP contribution < -0.4 is 0 Å². The van der Waals surface area contributed by atoms with E-state index >= 15 is 0 Å². The number of aliphatic hydroxyl groups excluding tert-OH is 4. The quantitative estimate of drug-likeness (QED) is 0.108. The molecule has 4 aromatic carbocycles. The van der Waals surface area contributed by atoms with E-state index in [0.29, 0.717) is 29.2 Å². The third-order valence-corrected chi connectivity index (χ3v) is 6.48. The summed E-state index contributed by atoms with van der Waals surface area (Å²) in [6.07, 6.45) is 0.539. The maximum atomic E-state index is 9.05. The predicted molar refractivity (Wildman–Crippen MR) is 156 cm³/mol. The largest absolute Gasteiger partial charge is 0.373 e. The van der Waals surface area contributed by atoms with E-state index in [9.17, 15) is 0 Å². The molecule has 42 heavy (non-hydrogen) atoms. The molecule has 4 N–H and O–H groups in total. The monoisotopic (exact) mass is 566 g/mol. The molecule has 12 heteroatoms. The normalized spacial score (nSPS) is 13.5. The highest BCUT2D eigenvalue weighted by Crippen LogP contribution is 2.44. The second kappa shape index (κ2) is 15.2. The van der Waals surface area contributed by atoms with Gasteiger partial charge in [-0.25, -0.2) is 0 Å². The van der Waals surface area contributed by atoms with Gasteiger partial charge in [0.1, 0.15) is 0 Å². The van der Waals surface area contributed by atoms with Crippen molar-refractivity contribution < 1.29 is 20.4 Å². The summed E-state index contributed by atoms with van der Waals surface area (Å²) in [4.78, 5) is 0. The summed E-state index contributed by atoms with van der Waals surface area (Å²) < 4.78 is 0. The highest BCUT2D eigenvalue weighted by Gasteiger charge is 2.37. The molecule has 0 aliphatic carbocycles. The van der Waals surface area contributed by atoms with E-state index in [1.54, 1.807) is 0 Å². The molecule has 0 unspecified atom stereocenters. The van der Waals surface area contributed by atoms with E-state index in [2.05, 4.69) is 40.9 Å². The minimum atomic E-state index is -0.722. The minimum Gasteiger partial charge on any atom is -0.373 e. The molecule has 4 rings (SSSR count). The summed E-state index contributed by atoms with van der Waals surface area (Å²) in [6.45, 7) is -1.60. The zero-order chi connectivity index (χ0) is 29.6. The summed E-state index contributed by atoms with van der Waals surface area (Å²) in [6, 6.07) is 30.6. The van der Waals surface area contributed by atoms with Gasteiger partial charge in [-0.2, -0.15) is 40.9 Å². The molecule has 0 heterocycles. The van der Waals surface area contributed by atoms with Crippen LogP contribution in [0.1, 0.15) is 22.3 Å². The second-order valence-corrected chi connectivity index (χ2v) is 8.92. The Morgan fingerprint density at radius 2 is 0.643 bits per heavy atom. The zero-order valence-electron chi connectivity index (χ0n) is 22.6. The van der Waals surface area contributed by atoms with Crippen molar-refractivity contribution in [3.8, 4) is 0 Å². The fraction of sp³-hybridized carbons (Fsp3) is 0.200. The molecule has 0 aliphatic heterocycles. The van der Waals surface area contributed by atoms with Gasteiger partial charge in [0, 0.05) is 5.41 Å². The Kier molecular flexibility index (Phi) is 10.9. The Morgan fingerprint density at radius 1 is 0.381 bits per heavy atom. The van der Waals surface area contributed by atoms with Gasteiger partial charge in [0.2, 0.25) is 0 Å². The topological polar surface area (TPSA) is 180 Å². The van der Waals surface area contributed by atoms with Gasteiger partial charge in [0.25, 0.3) is 0 Å². The number of azo groups is 4. The number of hydrogen-bond donors (Lipinski definition) is 4. The highest BCUT2D eigenvalue weighted by molar-refractivity contribution is 5.57. The van der Waals surface area contributed by atoms with Gasteiger partial charge in [-0.1, -0.05) is 48.5 Å². The van der Waals surface area contributed by atoms with Gasteiger partial charge in [0.15, 0.2) is 26.9 Å². The van der Waals surface area contributed by atoms with Gasteiger partial charge in [-0.05, 0) is 77.2 Å². The SMILES string of the molecule is OCN=Nc1ccc(CC(c2ccc(N=NCO)cc2)(c2ccc(N=NCO)cc2)c2ccc(N=NCO)cc2)cc1. The van der Waals surface area contributed by atoms with Gasteiger partial charge < -0.3 is 20.4 Å². The average Bonchev–Trinajstić information content (AvgIpc) is 3.05. The van der Waals surface area contributed by atoms with Crippen molar-refractivity contribution in [3.05, 3.63) is 119 Å². The third-order valence-electron chi connectivity index (χ3n) is 6.48. The first-order chi connectivity index (χ1) is 20.6. The summed E-state index contributed by atoms with van der Waals surface area (Å²) in [5, 5.41) is 67.0. The molecule has 0 aromatic heterocycles. The molecule has 12 nitrogen and oxygen atoms in total. The van der Waals surface area contributed by atoms with E-state index < -0.39 is 25.6 Å². The maximum absolute atomic E-state index is 9.05. The molecule has 0 saturated heterocycles. The molecule has 0 bridgehead atoms. The number of benzene rings is 4.